The van der Waals surface area contributed by atoms with Gasteiger partial charge in [0.05, 0.1) is 0 Å². The number of rotatable bonds is 3. The van der Waals surface area contributed by atoms with Gasteiger partial charge in [-0.15, -0.1) is 0 Å². The van der Waals surface area contributed by atoms with Crippen molar-refractivity contribution in [1.82, 2.24) is 4.90 Å². The molecule has 2 N–H and O–H groups in total. The first kappa shape index (κ1) is 14.3. The Morgan fingerprint density at radius 1 is 1.37 bits per heavy atom. The van der Waals surface area contributed by atoms with Crippen LogP contribution < -0.4 is 10.6 Å². The van der Waals surface area contributed by atoms with Crippen LogP contribution in [0.15, 0.2) is 18.2 Å². The average Bonchev–Trinajstić information content (AvgIpc) is 2.70. The van der Waals surface area contributed by atoms with E-state index in [0.29, 0.717) is 16.9 Å². The first-order valence-corrected chi connectivity index (χ1v) is 7.12. The number of nitrogens with zero attached hydrogens (tertiary/aromatic N) is 2. The highest BCUT2D eigenvalue weighted by molar-refractivity contribution is 7.80. The lowest BCUT2D eigenvalue weighted by Crippen LogP contribution is -2.34. The molecule has 19 heavy (non-hydrogen) atoms. The minimum atomic E-state index is 0.477. The molecule has 2 atom stereocenters. The molecule has 4 heteroatoms. The van der Waals surface area contributed by atoms with Gasteiger partial charge in [0.25, 0.3) is 0 Å². The predicted molar refractivity (Wildman–Crippen MR) is 85.9 cm³/mol. The molecule has 1 aromatic carbocycles. The fourth-order valence-electron chi connectivity index (χ4n) is 2.95. The summed E-state index contributed by atoms with van der Waals surface area (Å²) in [6.45, 7) is 6.58. The van der Waals surface area contributed by atoms with Crippen molar-refractivity contribution in [2.24, 2.45) is 11.7 Å². The predicted octanol–water partition coefficient (Wildman–Crippen LogP) is 2.02. The largest absolute Gasteiger partial charge is 0.389 e. The molecule has 3 nitrogen and oxygen atoms in total. The normalized spacial score (nSPS) is 23.1. The van der Waals surface area contributed by atoms with Crippen molar-refractivity contribution in [2.75, 3.05) is 32.1 Å². The van der Waals surface area contributed by atoms with Gasteiger partial charge in [-0.1, -0.05) is 19.1 Å². The first-order chi connectivity index (χ1) is 8.90. The van der Waals surface area contributed by atoms with Crippen molar-refractivity contribution >= 4 is 22.9 Å². The summed E-state index contributed by atoms with van der Waals surface area (Å²) in [5, 5.41) is 0. The Kier molecular flexibility index (Phi) is 4.11. The van der Waals surface area contributed by atoms with E-state index in [4.69, 9.17) is 18.0 Å². The Bertz CT molecular complexity index is 484. The Hall–Kier alpha value is -1.13. The summed E-state index contributed by atoms with van der Waals surface area (Å²) in [4.78, 5) is 5.25. The van der Waals surface area contributed by atoms with Crippen LogP contribution in [0.2, 0.25) is 0 Å². The maximum absolute atomic E-state index is 5.71. The SMILES string of the molecule is Cc1cc(N2CC(C)C(N(C)C)C2)ccc1C(N)=S. The van der Waals surface area contributed by atoms with Crippen LogP contribution in [0.3, 0.4) is 0 Å². The third-order valence-corrected chi connectivity index (χ3v) is 4.30. The van der Waals surface area contributed by atoms with Gasteiger partial charge in [-0.2, -0.15) is 0 Å². The Labute approximate surface area is 121 Å². The maximum Gasteiger partial charge on any atom is 0.104 e. The van der Waals surface area contributed by atoms with Crippen LogP contribution in [0.1, 0.15) is 18.1 Å². The van der Waals surface area contributed by atoms with Gasteiger partial charge in [-0.3, -0.25) is 0 Å². The average molecular weight is 277 g/mol. The van der Waals surface area contributed by atoms with Crippen LogP contribution in [-0.4, -0.2) is 43.1 Å². The molecular weight excluding hydrogens is 254 g/mol. The summed E-state index contributed by atoms with van der Waals surface area (Å²) in [5.41, 5.74) is 9.12. The Morgan fingerprint density at radius 3 is 2.53 bits per heavy atom. The molecule has 1 aliphatic heterocycles. The number of nitrogens with two attached hydrogens (primary N) is 1. The fraction of sp³-hybridized carbons (Fsp3) is 0.533. The van der Waals surface area contributed by atoms with Crippen LogP contribution in [-0.2, 0) is 0 Å². The van der Waals surface area contributed by atoms with E-state index in [1.807, 2.05) is 6.07 Å². The van der Waals surface area contributed by atoms with Crippen molar-refractivity contribution in [3.8, 4) is 0 Å². The smallest absolute Gasteiger partial charge is 0.104 e. The van der Waals surface area contributed by atoms with Crippen molar-refractivity contribution in [1.29, 1.82) is 0 Å². The van der Waals surface area contributed by atoms with Gasteiger partial charge in [-0.05, 0) is 50.7 Å². The van der Waals surface area contributed by atoms with Crippen molar-refractivity contribution in [3.63, 3.8) is 0 Å². The molecule has 0 spiro atoms. The molecule has 1 heterocycles. The lowest BCUT2D eigenvalue weighted by Gasteiger charge is -2.23. The first-order valence-electron chi connectivity index (χ1n) is 6.72. The molecule has 2 unspecified atom stereocenters. The number of aryl methyl sites for hydroxylation is 1. The zero-order valence-electron chi connectivity index (χ0n) is 12.2. The molecule has 1 saturated heterocycles. The number of thiocarbonyl (C=S) groups is 1. The molecular formula is C15H23N3S. The minimum absolute atomic E-state index is 0.477. The zero-order valence-corrected chi connectivity index (χ0v) is 13.0. The second-order valence-electron chi connectivity index (χ2n) is 5.78. The fourth-order valence-corrected chi connectivity index (χ4v) is 3.18. The van der Waals surface area contributed by atoms with E-state index in [1.165, 1.54) is 5.69 Å². The van der Waals surface area contributed by atoms with E-state index in [-0.39, 0.29) is 0 Å². The highest BCUT2D eigenvalue weighted by atomic mass is 32.1. The molecule has 0 bridgehead atoms. The van der Waals surface area contributed by atoms with Crippen LogP contribution in [0.4, 0.5) is 5.69 Å². The van der Waals surface area contributed by atoms with Gasteiger partial charge in [0.2, 0.25) is 0 Å². The van der Waals surface area contributed by atoms with Crippen molar-refractivity contribution < 1.29 is 0 Å². The van der Waals surface area contributed by atoms with E-state index in [2.05, 4.69) is 49.9 Å². The molecule has 1 aliphatic rings. The topological polar surface area (TPSA) is 32.5 Å². The Morgan fingerprint density at radius 2 is 2.05 bits per heavy atom. The van der Waals surface area contributed by atoms with E-state index in [1.54, 1.807) is 0 Å². The number of likely N-dealkylation sites (N-methyl/N-ethyl adjacent to an activating group) is 1. The highest BCUT2D eigenvalue weighted by Crippen LogP contribution is 2.27. The van der Waals surface area contributed by atoms with Crippen LogP contribution in [0, 0.1) is 12.8 Å². The molecule has 1 fully saturated rings. The van der Waals surface area contributed by atoms with E-state index in [9.17, 15) is 0 Å². The quantitative estimate of drug-likeness (QED) is 0.857. The van der Waals surface area contributed by atoms with E-state index >= 15 is 0 Å². The van der Waals surface area contributed by atoms with Crippen molar-refractivity contribution in [3.05, 3.63) is 29.3 Å². The number of hydrogen-bond donors (Lipinski definition) is 1. The summed E-state index contributed by atoms with van der Waals surface area (Å²) in [7, 11) is 4.32. The summed E-state index contributed by atoms with van der Waals surface area (Å²) in [5.74, 6) is 0.686. The van der Waals surface area contributed by atoms with Gasteiger partial charge in [0.15, 0.2) is 0 Å². The number of hydrogen-bond acceptors (Lipinski definition) is 3. The maximum atomic E-state index is 5.71. The lowest BCUT2D eigenvalue weighted by molar-refractivity contribution is 0.266. The molecule has 104 valence electrons. The zero-order chi connectivity index (χ0) is 14.2. The van der Waals surface area contributed by atoms with E-state index in [0.717, 1.165) is 24.2 Å². The molecule has 0 aromatic heterocycles. The summed E-state index contributed by atoms with van der Waals surface area (Å²) in [6.07, 6.45) is 0. The second kappa shape index (κ2) is 5.47. The van der Waals surface area contributed by atoms with Gasteiger partial charge in [-0.25, -0.2) is 0 Å². The van der Waals surface area contributed by atoms with Gasteiger partial charge < -0.3 is 15.5 Å². The highest BCUT2D eigenvalue weighted by Gasteiger charge is 2.31. The lowest BCUT2D eigenvalue weighted by atomic mass is 10.1. The van der Waals surface area contributed by atoms with E-state index < -0.39 is 0 Å². The molecule has 1 aromatic rings. The second-order valence-corrected chi connectivity index (χ2v) is 6.22. The molecule has 2 rings (SSSR count). The number of benzene rings is 1. The monoisotopic (exact) mass is 277 g/mol. The summed E-state index contributed by atoms with van der Waals surface area (Å²) >= 11 is 5.06. The third kappa shape index (κ3) is 2.90. The molecule has 0 saturated carbocycles. The number of anilines is 1. The Balaban J connectivity index is 2.20. The van der Waals surface area contributed by atoms with Gasteiger partial charge in [0.1, 0.15) is 4.99 Å². The van der Waals surface area contributed by atoms with Crippen LogP contribution in [0.5, 0.6) is 0 Å². The molecule has 0 radical (unpaired) electrons. The summed E-state index contributed by atoms with van der Waals surface area (Å²) in [6, 6.07) is 6.99. The van der Waals surface area contributed by atoms with Gasteiger partial charge in [0, 0.05) is 30.4 Å². The van der Waals surface area contributed by atoms with Crippen LogP contribution in [0.25, 0.3) is 0 Å². The van der Waals surface area contributed by atoms with Crippen molar-refractivity contribution in [2.45, 2.75) is 19.9 Å². The summed E-state index contributed by atoms with van der Waals surface area (Å²) < 4.78 is 0. The van der Waals surface area contributed by atoms with Crippen LogP contribution >= 0.6 is 12.2 Å². The third-order valence-electron chi connectivity index (χ3n) is 4.08. The van der Waals surface area contributed by atoms with Gasteiger partial charge >= 0.3 is 0 Å². The standard InChI is InChI=1S/C15H23N3S/c1-10-7-12(5-6-13(10)15(16)19)18-8-11(2)14(9-18)17(3)4/h5-7,11,14H,8-9H2,1-4H3,(H2,16,19). The minimum Gasteiger partial charge on any atom is -0.389 e. The molecule has 0 amide bonds. The molecule has 0 aliphatic carbocycles.